The van der Waals surface area contributed by atoms with E-state index in [4.69, 9.17) is 11.5 Å². The van der Waals surface area contributed by atoms with Crippen LogP contribution in [0.25, 0.3) is 0 Å². The van der Waals surface area contributed by atoms with Crippen molar-refractivity contribution in [3.63, 3.8) is 0 Å². The Balaban J connectivity index is 0.00000512. The monoisotopic (exact) mass is 501 g/mol. The molecule has 1 aromatic rings. The molecule has 1 aliphatic carbocycles. The average Bonchev–Trinajstić information content (AvgIpc) is 2.76. The highest BCUT2D eigenvalue weighted by Gasteiger charge is 2.35. The van der Waals surface area contributed by atoms with Crippen molar-refractivity contribution in [2.45, 2.75) is 84.2 Å². The van der Waals surface area contributed by atoms with Gasteiger partial charge in [0.15, 0.2) is 0 Å². The van der Waals surface area contributed by atoms with Crippen LogP contribution in [0.5, 0.6) is 0 Å². The standard InChI is InChI=1S/C26H43N3O2.2ClH/c1-18(2)21-13-12-19(3)17-22(21)25(30)15-14-24(20-9-5-4-6-10-20)29-26(31)23(28)11-7-8-16-27;;/h4-6,9-10,18-19,21-24H,7-8,11-17,27-28H2,1-3H3,(H,29,31);2*1H/t19-,21+,22-,23+,24-;;/m1../s1. The SMILES string of the molecule is CC(C)[C@@H]1CC[C@@H](C)C[C@H]1C(=O)CC[C@@H](NC(=O)[C@@H](N)CCCCN)c1ccccc1.Cl.Cl. The molecule has 1 saturated carbocycles. The maximum Gasteiger partial charge on any atom is 0.237 e. The summed E-state index contributed by atoms with van der Waals surface area (Å²) in [5, 5.41) is 3.11. The summed E-state index contributed by atoms with van der Waals surface area (Å²) in [6.45, 7) is 7.34. The highest BCUT2D eigenvalue weighted by molar-refractivity contribution is 5.85. The van der Waals surface area contributed by atoms with E-state index in [1.807, 2.05) is 30.3 Å². The van der Waals surface area contributed by atoms with Crippen LogP contribution >= 0.6 is 24.8 Å². The first-order valence-electron chi connectivity index (χ1n) is 12.2. The average molecular weight is 503 g/mol. The second-order valence-electron chi connectivity index (χ2n) is 9.80. The van der Waals surface area contributed by atoms with Gasteiger partial charge in [0.05, 0.1) is 12.1 Å². The third kappa shape index (κ3) is 10.3. The fraction of sp³-hybridized carbons (Fsp3) is 0.692. The molecule has 0 radical (unpaired) electrons. The number of amides is 1. The molecule has 0 saturated heterocycles. The highest BCUT2D eigenvalue weighted by atomic mass is 35.5. The topological polar surface area (TPSA) is 98.2 Å². The van der Waals surface area contributed by atoms with E-state index in [2.05, 4.69) is 26.1 Å². The molecule has 0 aliphatic heterocycles. The van der Waals surface area contributed by atoms with E-state index in [-0.39, 0.29) is 42.7 Å². The fourth-order valence-corrected chi connectivity index (χ4v) is 4.97. The summed E-state index contributed by atoms with van der Waals surface area (Å²) in [5.74, 6) is 1.97. The molecule has 0 aromatic heterocycles. The molecule has 2 rings (SSSR count). The van der Waals surface area contributed by atoms with Crippen LogP contribution in [0.1, 0.15) is 83.7 Å². The van der Waals surface area contributed by atoms with E-state index >= 15 is 0 Å². The van der Waals surface area contributed by atoms with Gasteiger partial charge in [-0.2, -0.15) is 0 Å². The minimum atomic E-state index is -0.544. The molecule has 33 heavy (non-hydrogen) atoms. The second-order valence-corrected chi connectivity index (χ2v) is 9.80. The quantitative estimate of drug-likeness (QED) is 0.342. The molecule has 1 aliphatic rings. The van der Waals surface area contributed by atoms with Crippen LogP contribution in [0.4, 0.5) is 0 Å². The van der Waals surface area contributed by atoms with Crippen LogP contribution < -0.4 is 16.8 Å². The summed E-state index contributed by atoms with van der Waals surface area (Å²) in [4.78, 5) is 25.9. The van der Waals surface area contributed by atoms with Crippen LogP contribution in [0.15, 0.2) is 30.3 Å². The third-order valence-electron chi connectivity index (χ3n) is 6.94. The van der Waals surface area contributed by atoms with Gasteiger partial charge in [0, 0.05) is 12.3 Å². The predicted molar refractivity (Wildman–Crippen MR) is 142 cm³/mol. The summed E-state index contributed by atoms with van der Waals surface area (Å²) in [5.41, 5.74) is 12.7. The molecule has 1 amide bonds. The lowest BCUT2D eigenvalue weighted by molar-refractivity contribution is -0.128. The number of hydrogen-bond donors (Lipinski definition) is 3. The third-order valence-corrected chi connectivity index (χ3v) is 6.94. The number of nitrogens with one attached hydrogen (secondary N) is 1. The molecular weight excluding hydrogens is 457 g/mol. The van der Waals surface area contributed by atoms with Crippen LogP contribution in [0.2, 0.25) is 0 Å². The van der Waals surface area contributed by atoms with Crippen molar-refractivity contribution in [3.8, 4) is 0 Å². The number of benzene rings is 1. The van der Waals surface area contributed by atoms with Crippen molar-refractivity contribution in [2.75, 3.05) is 6.54 Å². The Hall–Kier alpha value is -1.14. The molecule has 1 aromatic carbocycles. The highest BCUT2D eigenvalue weighted by Crippen LogP contribution is 2.39. The second kappa shape index (κ2) is 16.5. The number of Topliss-reactive ketones (excluding diaryl/α,β-unsaturated/α-hetero) is 1. The fourth-order valence-electron chi connectivity index (χ4n) is 4.97. The van der Waals surface area contributed by atoms with Crippen molar-refractivity contribution < 1.29 is 9.59 Å². The zero-order chi connectivity index (χ0) is 22.8. The summed E-state index contributed by atoms with van der Waals surface area (Å²) in [7, 11) is 0. The van der Waals surface area contributed by atoms with Crippen molar-refractivity contribution in [3.05, 3.63) is 35.9 Å². The van der Waals surface area contributed by atoms with Crippen molar-refractivity contribution >= 4 is 36.5 Å². The maximum atomic E-state index is 13.2. The first kappa shape index (κ1) is 31.9. The van der Waals surface area contributed by atoms with Gasteiger partial charge in [0.25, 0.3) is 0 Å². The molecule has 5 nitrogen and oxygen atoms in total. The Morgan fingerprint density at radius 3 is 2.33 bits per heavy atom. The van der Waals surface area contributed by atoms with Gasteiger partial charge >= 0.3 is 0 Å². The van der Waals surface area contributed by atoms with Gasteiger partial charge in [-0.3, -0.25) is 9.59 Å². The number of hydrogen-bond acceptors (Lipinski definition) is 4. The summed E-state index contributed by atoms with van der Waals surface area (Å²) in [6, 6.07) is 9.17. The van der Waals surface area contributed by atoms with E-state index in [1.165, 1.54) is 6.42 Å². The smallest absolute Gasteiger partial charge is 0.237 e. The minimum Gasteiger partial charge on any atom is -0.348 e. The van der Waals surface area contributed by atoms with E-state index in [0.29, 0.717) is 49.3 Å². The molecule has 5 atom stereocenters. The lowest BCUT2D eigenvalue weighted by Gasteiger charge is -2.36. The summed E-state index contributed by atoms with van der Waals surface area (Å²) >= 11 is 0. The van der Waals surface area contributed by atoms with Crippen LogP contribution in [0.3, 0.4) is 0 Å². The van der Waals surface area contributed by atoms with Gasteiger partial charge < -0.3 is 16.8 Å². The first-order chi connectivity index (χ1) is 14.8. The van der Waals surface area contributed by atoms with E-state index in [1.54, 1.807) is 0 Å². The zero-order valence-electron chi connectivity index (χ0n) is 20.5. The number of carbonyl (C=O) groups excluding carboxylic acids is 2. The van der Waals surface area contributed by atoms with E-state index < -0.39 is 6.04 Å². The number of carbonyl (C=O) groups is 2. The van der Waals surface area contributed by atoms with Gasteiger partial charge in [0.1, 0.15) is 5.78 Å². The molecule has 0 bridgehead atoms. The first-order valence-corrected chi connectivity index (χ1v) is 12.2. The lowest BCUT2D eigenvalue weighted by atomic mass is 9.68. The van der Waals surface area contributed by atoms with Crippen LogP contribution in [-0.2, 0) is 9.59 Å². The van der Waals surface area contributed by atoms with Gasteiger partial charge in [-0.15, -0.1) is 24.8 Å². The molecule has 5 N–H and O–H groups in total. The zero-order valence-corrected chi connectivity index (χ0v) is 22.1. The van der Waals surface area contributed by atoms with Crippen molar-refractivity contribution in [1.82, 2.24) is 5.32 Å². The van der Waals surface area contributed by atoms with Gasteiger partial charge in [-0.25, -0.2) is 0 Å². The number of ketones is 1. The molecule has 0 unspecified atom stereocenters. The Morgan fingerprint density at radius 2 is 1.73 bits per heavy atom. The predicted octanol–water partition coefficient (Wildman–Crippen LogP) is 5.20. The largest absolute Gasteiger partial charge is 0.348 e. The summed E-state index contributed by atoms with van der Waals surface area (Å²) in [6.07, 6.45) is 6.80. The molecule has 0 spiro atoms. The summed E-state index contributed by atoms with van der Waals surface area (Å²) < 4.78 is 0. The Labute approximate surface area is 213 Å². The maximum absolute atomic E-state index is 13.2. The minimum absolute atomic E-state index is 0. The number of nitrogens with two attached hydrogens (primary N) is 2. The molecule has 1 fully saturated rings. The van der Waals surface area contributed by atoms with Gasteiger partial charge in [-0.05, 0) is 62.0 Å². The Kier molecular flexibility index (Phi) is 15.9. The van der Waals surface area contributed by atoms with Crippen molar-refractivity contribution in [1.29, 1.82) is 0 Å². The number of unbranched alkanes of at least 4 members (excludes halogenated alkanes) is 1. The lowest BCUT2D eigenvalue weighted by Crippen LogP contribution is -2.42. The normalized spacial score (nSPS) is 21.9. The molecular formula is C26H45Cl2N3O2. The number of rotatable bonds is 12. The number of halogens is 2. The molecule has 7 heteroatoms. The Bertz CT molecular complexity index is 687. The molecule has 190 valence electrons. The van der Waals surface area contributed by atoms with Crippen LogP contribution in [-0.4, -0.2) is 24.3 Å². The Morgan fingerprint density at radius 1 is 1.06 bits per heavy atom. The van der Waals surface area contributed by atoms with Crippen molar-refractivity contribution in [2.24, 2.45) is 35.1 Å². The van der Waals surface area contributed by atoms with Crippen LogP contribution in [0, 0.1) is 23.7 Å². The van der Waals surface area contributed by atoms with E-state index in [9.17, 15) is 9.59 Å². The van der Waals surface area contributed by atoms with Gasteiger partial charge in [0.2, 0.25) is 5.91 Å². The van der Waals surface area contributed by atoms with E-state index in [0.717, 1.165) is 31.2 Å². The molecule has 0 heterocycles. The van der Waals surface area contributed by atoms with Gasteiger partial charge in [-0.1, -0.05) is 63.9 Å².